The average Bonchev–Trinajstić information content (AvgIpc) is 2.55. The fraction of sp³-hybridized carbons (Fsp3) is 0.857. The summed E-state index contributed by atoms with van der Waals surface area (Å²) in [5.74, 6) is 0. The lowest BCUT2D eigenvalue weighted by Crippen LogP contribution is -2.37. The molecule has 1 aliphatic heterocycles. The van der Waals surface area contributed by atoms with E-state index >= 15 is 0 Å². The standard InChI is InChI=1S/C12H23NO.C2H6/c1-3-4-9-13-10-7-5-6-8-12(13)11-14-2;1-2/h6,8,12H,3-5,7,9-11H2,1-2H3;1-2H3. The molecular weight excluding hydrogens is 198 g/mol. The van der Waals surface area contributed by atoms with E-state index in [4.69, 9.17) is 4.74 Å². The molecule has 0 aromatic rings. The first-order chi connectivity index (χ1) is 7.88. The van der Waals surface area contributed by atoms with Crippen molar-refractivity contribution in [1.82, 2.24) is 4.90 Å². The van der Waals surface area contributed by atoms with Gasteiger partial charge in [-0.3, -0.25) is 4.90 Å². The van der Waals surface area contributed by atoms with Crippen LogP contribution in [0, 0.1) is 0 Å². The summed E-state index contributed by atoms with van der Waals surface area (Å²) in [5, 5.41) is 0. The number of hydrogen-bond acceptors (Lipinski definition) is 2. The molecule has 0 radical (unpaired) electrons. The molecule has 0 amide bonds. The van der Waals surface area contributed by atoms with E-state index in [0.29, 0.717) is 6.04 Å². The second kappa shape index (κ2) is 11.2. The Hall–Kier alpha value is -0.340. The summed E-state index contributed by atoms with van der Waals surface area (Å²) < 4.78 is 5.25. The van der Waals surface area contributed by atoms with E-state index in [-0.39, 0.29) is 0 Å². The Bertz CT molecular complexity index is 168. The maximum absolute atomic E-state index is 5.25. The molecule has 0 aliphatic carbocycles. The van der Waals surface area contributed by atoms with Crippen molar-refractivity contribution in [2.75, 3.05) is 26.8 Å². The first-order valence-corrected chi connectivity index (χ1v) is 6.78. The number of ether oxygens (including phenoxy) is 1. The van der Waals surface area contributed by atoms with Gasteiger partial charge < -0.3 is 4.74 Å². The van der Waals surface area contributed by atoms with Crippen molar-refractivity contribution in [2.24, 2.45) is 0 Å². The number of unbranched alkanes of at least 4 members (excludes halogenated alkanes) is 1. The second-order valence-corrected chi connectivity index (χ2v) is 3.98. The first-order valence-electron chi connectivity index (χ1n) is 6.78. The topological polar surface area (TPSA) is 12.5 Å². The minimum atomic E-state index is 0.508. The van der Waals surface area contributed by atoms with E-state index in [1.54, 1.807) is 7.11 Å². The lowest BCUT2D eigenvalue weighted by atomic mass is 10.2. The third-order valence-corrected chi connectivity index (χ3v) is 2.78. The summed E-state index contributed by atoms with van der Waals surface area (Å²) in [5.41, 5.74) is 0. The van der Waals surface area contributed by atoms with Gasteiger partial charge in [0.05, 0.1) is 12.6 Å². The molecular formula is C14H29NO. The first kappa shape index (κ1) is 15.7. The monoisotopic (exact) mass is 227 g/mol. The lowest BCUT2D eigenvalue weighted by Gasteiger charge is -2.27. The van der Waals surface area contributed by atoms with Crippen molar-refractivity contribution in [3.8, 4) is 0 Å². The van der Waals surface area contributed by atoms with Crippen molar-refractivity contribution in [1.29, 1.82) is 0 Å². The zero-order valence-corrected chi connectivity index (χ0v) is 11.5. The fourth-order valence-electron chi connectivity index (χ4n) is 1.92. The molecule has 1 rings (SSSR count). The van der Waals surface area contributed by atoms with Gasteiger partial charge in [0.25, 0.3) is 0 Å². The predicted molar refractivity (Wildman–Crippen MR) is 71.9 cm³/mol. The molecule has 0 aromatic heterocycles. The molecule has 1 heterocycles. The highest BCUT2D eigenvalue weighted by molar-refractivity contribution is 4.97. The minimum absolute atomic E-state index is 0.508. The van der Waals surface area contributed by atoms with E-state index in [0.717, 1.165) is 6.61 Å². The van der Waals surface area contributed by atoms with Crippen LogP contribution >= 0.6 is 0 Å². The van der Waals surface area contributed by atoms with Crippen molar-refractivity contribution in [3.05, 3.63) is 12.2 Å². The molecule has 2 heteroatoms. The molecule has 16 heavy (non-hydrogen) atoms. The van der Waals surface area contributed by atoms with Crippen LogP contribution in [0.15, 0.2) is 12.2 Å². The van der Waals surface area contributed by atoms with Gasteiger partial charge in [-0.2, -0.15) is 0 Å². The van der Waals surface area contributed by atoms with Gasteiger partial charge in [0.1, 0.15) is 0 Å². The zero-order valence-electron chi connectivity index (χ0n) is 11.5. The largest absolute Gasteiger partial charge is 0.383 e. The summed E-state index contributed by atoms with van der Waals surface area (Å²) in [6.07, 6.45) is 9.71. The Morgan fingerprint density at radius 2 is 2.12 bits per heavy atom. The highest BCUT2D eigenvalue weighted by atomic mass is 16.5. The number of nitrogens with zero attached hydrogens (tertiary/aromatic N) is 1. The van der Waals surface area contributed by atoms with Gasteiger partial charge >= 0.3 is 0 Å². The van der Waals surface area contributed by atoms with Crippen LogP contribution in [0.1, 0.15) is 46.5 Å². The van der Waals surface area contributed by atoms with E-state index < -0.39 is 0 Å². The van der Waals surface area contributed by atoms with Crippen LogP contribution in [-0.4, -0.2) is 37.7 Å². The smallest absolute Gasteiger partial charge is 0.0653 e. The van der Waals surface area contributed by atoms with Gasteiger partial charge in [-0.25, -0.2) is 0 Å². The number of rotatable bonds is 5. The van der Waals surface area contributed by atoms with Crippen LogP contribution < -0.4 is 0 Å². The maximum Gasteiger partial charge on any atom is 0.0653 e. The van der Waals surface area contributed by atoms with Crippen molar-refractivity contribution in [2.45, 2.75) is 52.5 Å². The van der Waals surface area contributed by atoms with E-state index in [1.165, 1.54) is 38.8 Å². The third-order valence-electron chi connectivity index (χ3n) is 2.78. The van der Waals surface area contributed by atoms with Gasteiger partial charge in [0, 0.05) is 7.11 Å². The molecule has 2 nitrogen and oxygen atoms in total. The molecule has 0 fully saturated rings. The lowest BCUT2D eigenvalue weighted by molar-refractivity contribution is 0.113. The quantitative estimate of drug-likeness (QED) is 0.667. The number of methoxy groups -OCH3 is 1. The van der Waals surface area contributed by atoms with Crippen LogP contribution in [0.4, 0.5) is 0 Å². The summed E-state index contributed by atoms with van der Waals surface area (Å²) in [6.45, 7) is 9.52. The van der Waals surface area contributed by atoms with Gasteiger partial charge in [0.2, 0.25) is 0 Å². The van der Waals surface area contributed by atoms with Gasteiger partial charge in [0.15, 0.2) is 0 Å². The third kappa shape index (κ3) is 6.29. The summed E-state index contributed by atoms with van der Waals surface area (Å²) in [4.78, 5) is 2.55. The van der Waals surface area contributed by atoms with Crippen LogP contribution in [0.2, 0.25) is 0 Å². The fourth-order valence-corrected chi connectivity index (χ4v) is 1.92. The SMILES string of the molecule is CC.CCCCN1CCCC=CC1COC. The van der Waals surface area contributed by atoms with E-state index in [9.17, 15) is 0 Å². The van der Waals surface area contributed by atoms with Gasteiger partial charge in [-0.15, -0.1) is 0 Å². The van der Waals surface area contributed by atoms with E-state index in [1.807, 2.05) is 13.8 Å². The van der Waals surface area contributed by atoms with Crippen molar-refractivity contribution >= 4 is 0 Å². The maximum atomic E-state index is 5.25. The summed E-state index contributed by atoms with van der Waals surface area (Å²) in [6, 6.07) is 0.508. The normalized spacial score (nSPS) is 21.1. The molecule has 1 atom stereocenters. The molecule has 0 bridgehead atoms. The molecule has 96 valence electrons. The Balaban J connectivity index is 0.00000106. The summed E-state index contributed by atoms with van der Waals surface area (Å²) in [7, 11) is 1.79. The number of hydrogen-bond donors (Lipinski definition) is 0. The van der Waals surface area contributed by atoms with Crippen molar-refractivity contribution in [3.63, 3.8) is 0 Å². The van der Waals surface area contributed by atoms with Crippen LogP contribution in [0.25, 0.3) is 0 Å². The van der Waals surface area contributed by atoms with Crippen LogP contribution in [-0.2, 0) is 4.74 Å². The second-order valence-electron chi connectivity index (χ2n) is 3.98. The Labute approximate surface area is 102 Å². The molecule has 0 N–H and O–H groups in total. The Kier molecular flexibility index (Phi) is 10.9. The molecule has 1 unspecified atom stereocenters. The van der Waals surface area contributed by atoms with Gasteiger partial charge in [-0.05, 0) is 32.4 Å². The predicted octanol–water partition coefficient (Wildman–Crippen LogP) is 3.48. The molecule has 1 aliphatic rings. The Morgan fingerprint density at radius 1 is 1.38 bits per heavy atom. The van der Waals surface area contributed by atoms with Crippen LogP contribution in [0.3, 0.4) is 0 Å². The minimum Gasteiger partial charge on any atom is -0.383 e. The average molecular weight is 227 g/mol. The zero-order chi connectivity index (χ0) is 12.2. The van der Waals surface area contributed by atoms with E-state index in [2.05, 4.69) is 24.0 Å². The highest BCUT2D eigenvalue weighted by Gasteiger charge is 2.16. The molecule has 0 saturated carbocycles. The molecule has 0 saturated heterocycles. The van der Waals surface area contributed by atoms with Crippen LogP contribution in [0.5, 0.6) is 0 Å². The molecule has 0 aromatic carbocycles. The molecule has 0 spiro atoms. The Morgan fingerprint density at radius 3 is 2.75 bits per heavy atom. The van der Waals surface area contributed by atoms with Crippen molar-refractivity contribution < 1.29 is 4.74 Å². The van der Waals surface area contributed by atoms with Gasteiger partial charge in [-0.1, -0.05) is 39.3 Å². The summed E-state index contributed by atoms with van der Waals surface area (Å²) >= 11 is 0. The highest BCUT2D eigenvalue weighted by Crippen LogP contribution is 2.11. The number of allylic oxidation sites excluding steroid dienone is 1.